The third-order valence-corrected chi connectivity index (χ3v) is 4.12. The average Bonchev–Trinajstić information content (AvgIpc) is 2.45. The van der Waals surface area contributed by atoms with E-state index >= 15 is 0 Å². The Morgan fingerprint density at radius 2 is 2.14 bits per heavy atom. The van der Waals surface area contributed by atoms with Gasteiger partial charge in [0.2, 0.25) is 0 Å². The monoisotopic (exact) mass is 303 g/mol. The molecule has 2 aromatic rings. The van der Waals surface area contributed by atoms with Crippen LogP contribution in [-0.4, -0.2) is 21.6 Å². The number of hydrogen-bond donors (Lipinski definition) is 2. The minimum Gasteiger partial charge on any atom is -0.383 e. The Bertz CT molecular complexity index is 641. The van der Waals surface area contributed by atoms with Gasteiger partial charge in [0.05, 0.1) is 0 Å². The number of aliphatic hydroxyl groups is 1. The zero-order chi connectivity index (χ0) is 14.9. The Morgan fingerprint density at radius 1 is 1.33 bits per heavy atom. The summed E-state index contributed by atoms with van der Waals surface area (Å²) in [6, 6.07) is 9.76. The van der Waals surface area contributed by atoms with E-state index in [-0.39, 0.29) is 0 Å². The number of fused-ring (bicyclic) bond motifs is 1. The fourth-order valence-corrected chi connectivity index (χ4v) is 3.17. The second-order valence-corrected chi connectivity index (χ2v) is 5.91. The lowest BCUT2D eigenvalue weighted by Crippen LogP contribution is -2.37. The largest absolute Gasteiger partial charge is 0.383 e. The fourth-order valence-electron chi connectivity index (χ4n) is 2.94. The van der Waals surface area contributed by atoms with E-state index in [2.05, 4.69) is 21.4 Å². The van der Waals surface area contributed by atoms with E-state index in [1.165, 1.54) is 5.56 Å². The van der Waals surface area contributed by atoms with Crippen molar-refractivity contribution in [3.63, 3.8) is 0 Å². The number of nitrogens with zero attached hydrogens (tertiary/aromatic N) is 2. The standard InChI is InChI=1S/C16H18ClN3O/c1-11-19-14(17)9-15(20-11)18-10-16(21)8-4-6-12-5-2-3-7-13(12)16/h2-3,5,7,9,21H,4,6,8,10H2,1H3,(H,18,19,20). The van der Waals surface area contributed by atoms with E-state index in [1.807, 2.05) is 18.2 Å². The quantitative estimate of drug-likeness (QED) is 0.856. The molecule has 0 aliphatic heterocycles. The number of hydrogen-bond acceptors (Lipinski definition) is 4. The fraction of sp³-hybridized carbons (Fsp3) is 0.375. The summed E-state index contributed by atoms with van der Waals surface area (Å²) in [4.78, 5) is 8.32. The van der Waals surface area contributed by atoms with Gasteiger partial charge in [0.15, 0.2) is 0 Å². The van der Waals surface area contributed by atoms with Crippen LogP contribution in [-0.2, 0) is 12.0 Å². The summed E-state index contributed by atoms with van der Waals surface area (Å²) in [5, 5.41) is 14.6. The number of anilines is 1. The van der Waals surface area contributed by atoms with E-state index < -0.39 is 5.60 Å². The first kappa shape index (κ1) is 14.3. The van der Waals surface area contributed by atoms with E-state index in [4.69, 9.17) is 11.6 Å². The summed E-state index contributed by atoms with van der Waals surface area (Å²) >= 11 is 5.93. The predicted octanol–water partition coefficient (Wildman–Crippen LogP) is 3.07. The van der Waals surface area contributed by atoms with Crippen LogP contribution in [0.5, 0.6) is 0 Å². The van der Waals surface area contributed by atoms with Crippen LogP contribution in [0.4, 0.5) is 5.82 Å². The first-order valence-electron chi connectivity index (χ1n) is 7.13. The highest BCUT2D eigenvalue weighted by atomic mass is 35.5. The molecule has 0 radical (unpaired) electrons. The van der Waals surface area contributed by atoms with Crippen LogP contribution in [0.1, 0.15) is 29.8 Å². The van der Waals surface area contributed by atoms with Gasteiger partial charge in [-0.25, -0.2) is 9.97 Å². The lowest BCUT2D eigenvalue weighted by Gasteiger charge is -2.34. The van der Waals surface area contributed by atoms with Crippen molar-refractivity contribution in [1.82, 2.24) is 9.97 Å². The summed E-state index contributed by atoms with van der Waals surface area (Å²) in [7, 11) is 0. The van der Waals surface area contributed by atoms with Crippen molar-refractivity contribution in [2.75, 3.05) is 11.9 Å². The smallest absolute Gasteiger partial charge is 0.134 e. The molecule has 0 saturated heterocycles. The maximum Gasteiger partial charge on any atom is 0.134 e. The van der Waals surface area contributed by atoms with Gasteiger partial charge in [-0.1, -0.05) is 35.9 Å². The second kappa shape index (κ2) is 5.62. The Morgan fingerprint density at radius 3 is 2.95 bits per heavy atom. The highest BCUT2D eigenvalue weighted by Gasteiger charge is 2.33. The van der Waals surface area contributed by atoms with Crippen molar-refractivity contribution < 1.29 is 5.11 Å². The maximum atomic E-state index is 11.0. The zero-order valence-corrected chi connectivity index (χ0v) is 12.7. The highest BCUT2D eigenvalue weighted by molar-refractivity contribution is 6.29. The normalized spacial score (nSPS) is 20.9. The first-order valence-corrected chi connectivity index (χ1v) is 7.50. The van der Waals surface area contributed by atoms with Gasteiger partial charge >= 0.3 is 0 Å². The molecule has 1 unspecified atom stereocenters. The predicted molar refractivity (Wildman–Crippen MR) is 83.5 cm³/mol. The molecule has 0 fully saturated rings. The average molecular weight is 304 g/mol. The van der Waals surface area contributed by atoms with Crippen LogP contribution < -0.4 is 5.32 Å². The Kier molecular flexibility index (Phi) is 3.83. The molecule has 110 valence electrons. The second-order valence-electron chi connectivity index (χ2n) is 5.52. The van der Waals surface area contributed by atoms with Crippen molar-refractivity contribution >= 4 is 17.4 Å². The lowest BCUT2D eigenvalue weighted by atomic mass is 9.79. The molecule has 2 N–H and O–H groups in total. The molecule has 1 aromatic heterocycles. The molecule has 3 rings (SSSR count). The number of rotatable bonds is 3. The zero-order valence-electron chi connectivity index (χ0n) is 11.9. The summed E-state index contributed by atoms with van der Waals surface area (Å²) < 4.78 is 0. The summed E-state index contributed by atoms with van der Waals surface area (Å²) in [5.41, 5.74) is 1.38. The van der Waals surface area contributed by atoms with E-state index in [0.717, 1.165) is 24.8 Å². The van der Waals surface area contributed by atoms with Crippen LogP contribution in [0.15, 0.2) is 30.3 Å². The molecule has 5 heteroatoms. The number of aromatic nitrogens is 2. The van der Waals surface area contributed by atoms with Gasteiger partial charge in [0.25, 0.3) is 0 Å². The number of aryl methyl sites for hydroxylation is 2. The van der Waals surface area contributed by atoms with Crippen LogP contribution in [0, 0.1) is 6.92 Å². The summed E-state index contributed by atoms with van der Waals surface area (Å²) in [6.45, 7) is 2.21. The Labute approximate surface area is 129 Å². The molecule has 0 spiro atoms. The van der Waals surface area contributed by atoms with Gasteiger partial charge < -0.3 is 10.4 Å². The third-order valence-electron chi connectivity index (χ3n) is 3.92. The topological polar surface area (TPSA) is 58.0 Å². The molecule has 0 amide bonds. The van der Waals surface area contributed by atoms with Crippen molar-refractivity contribution in [1.29, 1.82) is 0 Å². The van der Waals surface area contributed by atoms with Gasteiger partial charge in [-0.2, -0.15) is 0 Å². The van der Waals surface area contributed by atoms with E-state index in [9.17, 15) is 5.11 Å². The number of benzene rings is 1. The lowest BCUT2D eigenvalue weighted by molar-refractivity contribution is 0.0322. The molecular weight excluding hydrogens is 286 g/mol. The van der Waals surface area contributed by atoms with Crippen LogP contribution >= 0.6 is 11.6 Å². The van der Waals surface area contributed by atoms with Crippen LogP contribution in [0.2, 0.25) is 5.15 Å². The summed E-state index contributed by atoms with van der Waals surface area (Å²) in [6.07, 6.45) is 2.75. The number of halogens is 1. The minimum atomic E-state index is -0.861. The Balaban J connectivity index is 1.81. The van der Waals surface area contributed by atoms with E-state index in [0.29, 0.717) is 23.3 Å². The molecule has 1 aliphatic carbocycles. The molecule has 21 heavy (non-hydrogen) atoms. The maximum absolute atomic E-state index is 11.0. The molecule has 0 saturated carbocycles. The first-order chi connectivity index (χ1) is 10.1. The van der Waals surface area contributed by atoms with Crippen molar-refractivity contribution in [2.45, 2.75) is 31.8 Å². The molecule has 4 nitrogen and oxygen atoms in total. The highest BCUT2D eigenvalue weighted by Crippen LogP contribution is 2.35. The van der Waals surface area contributed by atoms with Crippen molar-refractivity contribution in [3.8, 4) is 0 Å². The SMILES string of the molecule is Cc1nc(Cl)cc(NCC2(O)CCCc3ccccc32)n1. The summed E-state index contributed by atoms with van der Waals surface area (Å²) in [5.74, 6) is 1.25. The Hall–Kier alpha value is -1.65. The molecule has 0 bridgehead atoms. The van der Waals surface area contributed by atoms with Gasteiger partial charge in [-0.3, -0.25) is 0 Å². The third kappa shape index (κ3) is 3.01. The van der Waals surface area contributed by atoms with Crippen molar-refractivity contribution in [3.05, 3.63) is 52.4 Å². The minimum absolute atomic E-state index is 0.404. The molecular formula is C16H18ClN3O. The van der Waals surface area contributed by atoms with Gasteiger partial charge in [-0.05, 0) is 37.3 Å². The van der Waals surface area contributed by atoms with Crippen LogP contribution in [0.25, 0.3) is 0 Å². The molecule has 1 atom stereocenters. The molecule has 1 aliphatic rings. The van der Waals surface area contributed by atoms with Gasteiger partial charge in [0, 0.05) is 12.6 Å². The van der Waals surface area contributed by atoms with Crippen LogP contribution in [0.3, 0.4) is 0 Å². The van der Waals surface area contributed by atoms with Gasteiger partial charge in [-0.15, -0.1) is 0 Å². The number of nitrogens with one attached hydrogen (secondary N) is 1. The molecule has 1 heterocycles. The molecule has 1 aromatic carbocycles. The van der Waals surface area contributed by atoms with Crippen molar-refractivity contribution in [2.24, 2.45) is 0 Å². The van der Waals surface area contributed by atoms with E-state index in [1.54, 1.807) is 13.0 Å². The van der Waals surface area contributed by atoms with Gasteiger partial charge in [0.1, 0.15) is 22.4 Å².